The number of phenolic OH excluding ortho intramolecular Hbond substituents is 1. The van der Waals surface area contributed by atoms with Gasteiger partial charge in [-0.05, 0) is 47.9 Å². The number of phenols is 3. The zero-order valence-corrected chi connectivity index (χ0v) is 21.5. The molecule has 0 aliphatic heterocycles. The first-order valence-corrected chi connectivity index (χ1v) is 13.1. The molecule has 0 amide bonds. The Bertz CT molecular complexity index is 2060. The number of aromatic hydroxyl groups is 3. The van der Waals surface area contributed by atoms with Crippen LogP contribution in [0.3, 0.4) is 0 Å². The van der Waals surface area contributed by atoms with E-state index in [1.165, 1.54) is 36.4 Å². The van der Waals surface area contributed by atoms with Crippen molar-refractivity contribution in [3.63, 3.8) is 0 Å². The van der Waals surface area contributed by atoms with Crippen molar-refractivity contribution in [1.29, 1.82) is 0 Å². The summed E-state index contributed by atoms with van der Waals surface area (Å²) in [5, 5.41) is 57.7. The molecule has 5 rings (SSSR count). The van der Waals surface area contributed by atoms with Gasteiger partial charge in [-0.25, -0.2) is 4.79 Å². The van der Waals surface area contributed by atoms with Crippen molar-refractivity contribution in [2.75, 3.05) is 5.73 Å². The van der Waals surface area contributed by atoms with Crippen LogP contribution in [0.5, 0.6) is 17.2 Å². The lowest BCUT2D eigenvalue weighted by Crippen LogP contribution is -1.99. The number of fused-ring (bicyclic) bond motifs is 2. The molecule has 0 fully saturated rings. The molecular weight excluding hydrogens is 554 g/mol. The van der Waals surface area contributed by atoms with Crippen LogP contribution in [0.2, 0.25) is 0 Å². The fourth-order valence-electron chi connectivity index (χ4n) is 4.17. The van der Waals surface area contributed by atoms with E-state index in [0.717, 1.165) is 12.1 Å². The summed E-state index contributed by atoms with van der Waals surface area (Å²) in [6, 6.07) is 17.6. The van der Waals surface area contributed by atoms with Crippen molar-refractivity contribution in [2.24, 2.45) is 20.5 Å². The number of anilines is 1. The minimum absolute atomic E-state index is 0.196. The number of nitrogens with two attached hydrogens (primary N) is 1. The van der Waals surface area contributed by atoms with E-state index in [4.69, 9.17) is 5.73 Å². The zero-order chi connectivity index (χ0) is 29.5. The highest BCUT2D eigenvalue weighted by Crippen LogP contribution is 2.43. The molecule has 7 N–H and O–H groups in total. The highest BCUT2D eigenvalue weighted by Gasteiger charge is 2.22. The van der Waals surface area contributed by atoms with Gasteiger partial charge >= 0.3 is 5.97 Å². The molecule has 0 heterocycles. The quantitative estimate of drug-likeness (QED) is 0.0741. The Morgan fingerprint density at radius 2 is 1.29 bits per heavy atom. The van der Waals surface area contributed by atoms with E-state index in [1.54, 1.807) is 24.3 Å². The summed E-state index contributed by atoms with van der Waals surface area (Å²) in [6.07, 6.45) is 0. The minimum atomic E-state index is -4.80. The maximum absolute atomic E-state index is 12.1. The molecule has 0 saturated heterocycles. The molecule has 13 nitrogen and oxygen atoms in total. The van der Waals surface area contributed by atoms with Gasteiger partial charge in [0, 0.05) is 21.8 Å². The van der Waals surface area contributed by atoms with Crippen molar-refractivity contribution in [1.82, 2.24) is 0 Å². The molecular formula is C27H19N5O8S. The lowest BCUT2D eigenvalue weighted by Gasteiger charge is -2.10. The number of benzene rings is 5. The SMILES string of the molecule is Nc1ccc2cc(S(=O)(=O)O)c(N=Nc3ccc(N=Nc4ccc(O)c(C(=O)O)c4O)c4ccccc34)c(O)c2c1. The van der Waals surface area contributed by atoms with Gasteiger partial charge in [0.25, 0.3) is 10.1 Å². The first-order valence-electron chi connectivity index (χ1n) is 11.6. The van der Waals surface area contributed by atoms with Crippen molar-refractivity contribution in [2.45, 2.75) is 4.90 Å². The molecule has 0 aromatic heterocycles. The van der Waals surface area contributed by atoms with Gasteiger partial charge in [0.15, 0.2) is 11.5 Å². The molecule has 0 aliphatic rings. The van der Waals surface area contributed by atoms with Crippen molar-refractivity contribution >= 4 is 66.1 Å². The first kappa shape index (κ1) is 27.0. The average molecular weight is 574 g/mol. The van der Waals surface area contributed by atoms with Gasteiger partial charge < -0.3 is 26.2 Å². The Morgan fingerprint density at radius 3 is 1.90 bits per heavy atom. The number of carboxylic acids is 1. The van der Waals surface area contributed by atoms with Crippen molar-refractivity contribution < 1.29 is 38.2 Å². The number of hydrogen-bond donors (Lipinski definition) is 6. The number of nitrogen functional groups attached to an aromatic ring is 1. The standard InChI is InChI=1S/C27H19N5O8S/c28-14-6-5-13-11-22(41(38,39)40)24(25(34)17(13)12-14)32-30-19-8-7-18(15-3-1-2-4-16(15)19)29-31-20-9-10-21(33)23(26(20)35)27(36)37/h1-12,33-35H,28H2,(H,36,37)(H,38,39,40). The maximum Gasteiger partial charge on any atom is 0.343 e. The molecule has 0 saturated carbocycles. The highest BCUT2D eigenvalue weighted by atomic mass is 32.2. The predicted molar refractivity (Wildman–Crippen MR) is 149 cm³/mol. The Kier molecular flexibility index (Phi) is 6.70. The lowest BCUT2D eigenvalue weighted by atomic mass is 10.1. The Morgan fingerprint density at radius 1 is 0.707 bits per heavy atom. The van der Waals surface area contributed by atoms with Crippen LogP contribution >= 0.6 is 0 Å². The van der Waals surface area contributed by atoms with Gasteiger partial charge in [-0.1, -0.05) is 30.3 Å². The molecule has 41 heavy (non-hydrogen) atoms. The van der Waals surface area contributed by atoms with Crippen molar-refractivity contribution in [3.05, 3.63) is 78.4 Å². The molecule has 5 aromatic rings. The number of aromatic carboxylic acids is 1. The van der Waals surface area contributed by atoms with Crippen molar-refractivity contribution in [3.8, 4) is 17.2 Å². The second-order valence-corrected chi connectivity index (χ2v) is 10.1. The number of carbonyl (C=O) groups is 1. The maximum atomic E-state index is 12.1. The van der Waals surface area contributed by atoms with Crippen LogP contribution in [0.1, 0.15) is 10.4 Å². The second-order valence-electron chi connectivity index (χ2n) is 8.71. The fourth-order valence-corrected chi connectivity index (χ4v) is 4.82. The van der Waals surface area contributed by atoms with Gasteiger partial charge in [-0.2, -0.15) is 8.42 Å². The van der Waals surface area contributed by atoms with Crippen LogP contribution in [-0.4, -0.2) is 39.4 Å². The summed E-state index contributed by atoms with van der Waals surface area (Å²) >= 11 is 0. The zero-order valence-electron chi connectivity index (χ0n) is 20.7. The smallest absolute Gasteiger partial charge is 0.343 e. The minimum Gasteiger partial charge on any atom is -0.507 e. The van der Waals surface area contributed by atoms with Crippen LogP contribution in [0.25, 0.3) is 21.5 Å². The highest BCUT2D eigenvalue weighted by molar-refractivity contribution is 7.86. The number of carboxylic acid groups (broad SMARTS) is 1. The lowest BCUT2D eigenvalue weighted by molar-refractivity contribution is 0.0690. The normalized spacial score (nSPS) is 12.1. The van der Waals surface area contributed by atoms with Crippen LogP contribution < -0.4 is 5.73 Å². The molecule has 0 aliphatic carbocycles. The summed E-state index contributed by atoms with van der Waals surface area (Å²) in [6.45, 7) is 0. The third kappa shape index (κ3) is 5.07. The van der Waals surface area contributed by atoms with Gasteiger partial charge in [0.1, 0.15) is 27.6 Å². The monoisotopic (exact) mass is 573 g/mol. The summed E-state index contributed by atoms with van der Waals surface area (Å²) in [5.41, 5.74) is 5.25. The van der Waals surface area contributed by atoms with Crippen LogP contribution in [-0.2, 0) is 10.1 Å². The van der Waals surface area contributed by atoms with E-state index in [2.05, 4.69) is 20.5 Å². The van der Waals surface area contributed by atoms with Gasteiger partial charge in [0.05, 0.1) is 11.4 Å². The largest absolute Gasteiger partial charge is 0.507 e. The molecule has 206 valence electrons. The van der Waals surface area contributed by atoms with E-state index in [1.807, 2.05) is 0 Å². The third-order valence-electron chi connectivity index (χ3n) is 6.10. The third-order valence-corrected chi connectivity index (χ3v) is 6.97. The number of rotatable bonds is 6. The van der Waals surface area contributed by atoms with E-state index in [0.29, 0.717) is 27.5 Å². The van der Waals surface area contributed by atoms with Crippen LogP contribution in [0, 0.1) is 0 Å². The van der Waals surface area contributed by atoms with Crippen LogP contribution in [0.4, 0.5) is 28.4 Å². The average Bonchev–Trinajstić information content (AvgIpc) is 2.92. The molecule has 0 bridgehead atoms. The number of hydrogen-bond acceptors (Lipinski definition) is 11. The first-order chi connectivity index (χ1) is 19.5. The van der Waals surface area contributed by atoms with Gasteiger partial charge in [-0.3, -0.25) is 4.55 Å². The summed E-state index contributed by atoms with van der Waals surface area (Å²) in [5.74, 6) is -3.49. The van der Waals surface area contributed by atoms with E-state index < -0.39 is 49.5 Å². The van der Waals surface area contributed by atoms with Gasteiger partial charge in [0.2, 0.25) is 0 Å². The molecule has 0 radical (unpaired) electrons. The van der Waals surface area contributed by atoms with Crippen LogP contribution in [0.15, 0.2) is 98.1 Å². The Hall–Kier alpha value is -5.60. The molecule has 0 unspecified atom stereocenters. The number of nitrogens with zero attached hydrogens (tertiary/aromatic N) is 4. The molecule has 14 heteroatoms. The molecule has 0 atom stereocenters. The van der Waals surface area contributed by atoms with Gasteiger partial charge in [-0.15, -0.1) is 20.5 Å². The number of azo groups is 2. The van der Waals surface area contributed by atoms with E-state index in [-0.39, 0.29) is 16.8 Å². The fraction of sp³-hybridized carbons (Fsp3) is 0. The summed E-state index contributed by atoms with van der Waals surface area (Å²) in [7, 11) is -4.80. The summed E-state index contributed by atoms with van der Waals surface area (Å²) < 4.78 is 34.0. The molecule has 0 spiro atoms. The van der Waals surface area contributed by atoms with E-state index in [9.17, 15) is 38.2 Å². The predicted octanol–water partition coefficient (Wildman–Crippen LogP) is 6.47. The molecule has 5 aromatic carbocycles. The topological polar surface area (TPSA) is 228 Å². The summed E-state index contributed by atoms with van der Waals surface area (Å²) in [4.78, 5) is 10.7. The Balaban J connectivity index is 1.60. The Labute approximate surface area is 230 Å². The van der Waals surface area contributed by atoms with E-state index >= 15 is 0 Å². The second kappa shape index (κ2) is 10.2.